The number of carboxylic acids is 2. The number of esters is 1. The summed E-state index contributed by atoms with van der Waals surface area (Å²) in [4.78, 5) is 44.4. The van der Waals surface area contributed by atoms with Crippen molar-refractivity contribution in [2.45, 2.75) is 25.5 Å². The number of benzene rings is 1. The summed E-state index contributed by atoms with van der Waals surface area (Å²) in [6.07, 6.45) is -0.674. The van der Waals surface area contributed by atoms with E-state index < -0.39 is 42.9 Å². The van der Waals surface area contributed by atoms with Gasteiger partial charge in [-0.1, -0.05) is 30.3 Å². The van der Waals surface area contributed by atoms with Crippen LogP contribution in [0.1, 0.15) is 18.4 Å². The number of carbonyl (C=O) groups excluding carboxylic acids is 2. The van der Waals surface area contributed by atoms with Crippen molar-refractivity contribution in [1.82, 2.24) is 10.6 Å². The van der Waals surface area contributed by atoms with E-state index in [-0.39, 0.29) is 13.0 Å². The molecule has 2 amide bonds. The molecule has 0 saturated carbocycles. The van der Waals surface area contributed by atoms with Gasteiger partial charge in [-0.05, 0) is 12.0 Å². The Balaban J connectivity index is 2.31. The maximum absolute atomic E-state index is 11.5. The number of hydrogen-bond acceptors (Lipinski definition) is 5. The van der Waals surface area contributed by atoms with E-state index >= 15 is 0 Å². The van der Waals surface area contributed by atoms with E-state index in [9.17, 15) is 19.2 Å². The lowest BCUT2D eigenvalue weighted by molar-refractivity contribution is -0.143. The second-order valence-electron chi connectivity index (χ2n) is 4.80. The lowest BCUT2D eigenvalue weighted by Crippen LogP contribution is -2.47. The zero-order valence-electron chi connectivity index (χ0n) is 12.7. The van der Waals surface area contributed by atoms with Gasteiger partial charge in [0, 0.05) is 6.42 Å². The molecule has 0 spiro atoms. The Hall–Kier alpha value is -3.10. The molecule has 0 bridgehead atoms. The van der Waals surface area contributed by atoms with E-state index in [4.69, 9.17) is 14.9 Å². The first-order chi connectivity index (χ1) is 11.4. The maximum Gasteiger partial charge on any atom is 0.326 e. The minimum atomic E-state index is -1.36. The van der Waals surface area contributed by atoms with Crippen LogP contribution in [0.5, 0.6) is 0 Å². The van der Waals surface area contributed by atoms with Gasteiger partial charge in [-0.2, -0.15) is 0 Å². The third-order valence-electron chi connectivity index (χ3n) is 2.89. The number of urea groups is 1. The number of carbonyl (C=O) groups is 4. The Bertz CT molecular complexity index is 589. The molecule has 9 heteroatoms. The lowest BCUT2D eigenvalue weighted by atomic mass is 10.1. The summed E-state index contributed by atoms with van der Waals surface area (Å²) in [7, 11) is 0. The SMILES string of the molecule is O=C(O)CCC(NC(=O)NCC(=O)OCc1ccccc1)C(=O)O. The maximum atomic E-state index is 11.5. The number of carboxylic acid groups (broad SMARTS) is 2. The van der Waals surface area contributed by atoms with Crippen LogP contribution < -0.4 is 10.6 Å². The third kappa shape index (κ3) is 7.78. The van der Waals surface area contributed by atoms with Crippen molar-refractivity contribution in [3.05, 3.63) is 35.9 Å². The first kappa shape index (κ1) is 18.9. The molecule has 0 aliphatic rings. The second-order valence-corrected chi connectivity index (χ2v) is 4.80. The minimum absolute atomic E-state index is 0.0549. The van der Waals surface area contributed by atoms with Crippen LogP contribution in [0.3, 0.4) is 0 Å². The predicted octanol–water partition coefficient (Wildman–Crippen LogP) is 0.347. The summed E-state index contributed by atoms with van der Waals surface area (Å²) in [6.45, 7) is -0.386. The molecule has 1 aromatic rings. The van der Waals surface area contributed by atoms with Gasteiger partial charge in [0.2, 0.25) is 0 Å². The van der Waals surface area contributed by atoms with E-state index in [2.05, 4.69) is 10.6 Å². The fourth-order valence-corrected chi connectivity index (χ4v) is 1.68. The quantitative estimate of drug-likeness (QED) is 0.476. The van der Waals surface area contributed by atoms with E-state index in [0.717, 1.165) is 5.56 Å². The molecule has 24 heavy (non-hydrogen) atoms. The van der Waals surface area contributed by atoms with Crippen LogP contribution in [0.25, 0.3) is 0 Å². The molecule has 0 saturated heterocycles. The summed E-state index contributed by atoms with van der Waals surface area (Å²) in [5.41, 5.74) is 0.787. The lowest BCUT2D eigenvalue weighted by Gasteiger charge is -2.14. The predicted molar refractivity (Wildman–Crippen MR) is 81.1 cm³/mol. The van der Waals surface area contributed by atoms with Crippen LogP contribution in [0, 0.1) is 0 Å². The van der Waals surface area contributed by atoms with E-state index in [1.165, 1.54) is 0 Å². The molecule has 130 valence electrons. The number of aliphatic carboxylic acids is 2. The highest BCUT2D eigenvalue weighted by Crippen LogP contribution is 2.00. The number of hydrogen-bond donors (Lipinski definition) is 4. The highest BCUT2D eigenvalue weighted by Gasteiger charge is 2.21. The fraction of sp³-hybridized carbons (Fsp3) is 0.333. The average Bonchev–Trinajstić information content (AvgIpc) is 2.55. The zero-order chi connectivity index (χ0) is 17.9. The molecule has 0 aliphatic carbocycles. The smallest absolute Gasteiger partial charge is 0.326 e. The average molecular weight is 338 g/mol. The summed E-state index contributed by atoms with van der Waals surface area (Å²) >= 11 is 0. The van der Waals surface area contributed by atoms with Crippen molar-refractivity contribution >= 4 is 23.9 Å². The summed E-state index contributed by atoms with van der Waals surface area (Å²) in [6, 6.07) is 6.68. The molecule has 1 rings (SSSR count). The Morgan fingerprint density at radius 2 is 1.75 bits per heavy atom. The van der Waals surface area contributed by atoms with Gasteiger partial charge in [-0.25, -0.2) is 9.59 Å². The Morgan fingerprint density at radius 1 is 1.08 bits per heavy atom. The Kier molecular flexibility index (Phi) is 7.76. The number of ether oxygens (including phenoxy) is 1. The summed E-state index contributed by atoms with van der Waals surface area (Å²) in [5.74, 6) is -3.22. The van der Waals surface area contributed by atoms with Crippen LogP contribution in [0.15, 0.2) is 30.3 Å². The molecule has 0 aliphatic heterocycles. The molecular weight excluding hydrogens is 320 g/mol. The largest absolute Gasteiger partial charge is 0.481 e. The van der Waals surface area contributed by atoms with E-state index in [0.29, 0.717) is 0 Å². The number of rotatable bonds is 9. The van der Waals surface area contributed by atoms with Crippen LogP contribution in [0.4, 0.5) is 4.79 Å². The van der Waals surface area contributed by atoms with Gasteiger partial charge in [0.15, 0.2) is 0 Å². The highest BCUT2D eigenvalue weighted by atomic mass is 16.5. The summed E-state index contributed by atoms with van der Waals surface area (Å²) < 4.78 is 4.93. The number of amides is 2. The van der Waals surface area contributed by atoms with Gasteiger partial charge in [0.1, 0.15) is 19.2 Å². The van der Waals surface area contributed by atoms with Crippen molar-refractivity contribution in [2.75, 3.05) is 6.54 Å². The van der Waals surface area contributed by atoms with Gasteiger partial charge in [0.05, 0.1) is 0 Å². The topological polar surface area (TPSA) is 142 Å². The van der Waals surface area contributed by atoms with Gasteiger partial charge in [0.25, 0.3) is 0 Å². The third-order valence-corrected chi connectivity index (χ3v) is 2.89. The van der Waals surface area contributed by atoms with Crippen LogP contribution in [-0.4, -0.2) is 46.7 Å². The normalized spacial score (nSPS) is 11.2. The highest BCUT2D eigenvalue weighted by molar-refractivity contribution is 5.85. The van der Waals surface area contributed by atoms with Gasteiger partial charge in [-0.3, -0.25) is 9.59 Å². The summed E-state index contributed by atoms with van der Waals surface area (Å²) in [5, 5.41) is 21.7. The molecule has 0 heterocycles. The van der Waals surface area contributed by atoms with Crippen LogP contribution in [-0.2, 0) is 25.7 Å². The van der Waals surface area contributed by atoms with Gasteiger partial charge >= 0.3 is 23.9 Å². The number of nitrogens with one attached hydrogen (secondary N) is 2. The minimum Gasteiger partial charge on any atom is -0.481 e. The van der Waals surface area contributed by atoms with E-state index in [1.54, 1.807) is 24.3 Å². The van der Waals surface area contributed by atoms with Crippen molar-refractivity contribution in [1.29, 1.82) is 0 Å². The molecule has 0 radical (unpaired) electrons. The molecule has 1 aromatic carbocycles. The first-order valence-corrected chi connectivity index (χ1v) is 7.07. The first-order valence-electron chi connectivity index (χ1n) is 7.07. The van der Waals surface area contributed by atoms with Crippen molar-refractivity contribution in [3.8, 4) is 0 Å². The zero-order valence-corrected chi connectivity index (χ0v) is 12.7. The van der Waals surface area contributed by atoms with Crippen LogP contribution in [0.2, 0.25) is 0 Å². The monoisotopic (exact) mass is 338 g/mol. The van der Waals surface area contributed by atoms with E-state index in [1.807, 2.05) is 6.07 Å². The Labute approximate surface area is 137 Å². The molecule has 9 nitrogen and oxygen atoms in total. The van der Waals surface area contributed by atoms with Crippen molar-refractivity contribution in [3.63, 3.8) is 0 Å². The van der Waals surface area contributed by atoms with Crippen molar-refractivity contribution < 1.29 is 34.1 Å². The molecule has 1 atom stereocenters. The van der Waals surface area contributed by atoms with Crippen molar-refractivity contribution in [2.24, 2.45) is 0 Å². The molecule has 4 N–H and O–H groups in total. The fourth-order valence-electron chi connectivity index (χ4n) is 1.68. The molecular formula is C15H18N2O7. The molecule has 0 fully saturated rings. The molecule has 1 unspecified atom stereocenters. The molecule has 0 aromatic heterocycles. The van der Waals surface area contributed by atoms with Crippen LogP contribution >= 0.6 is 0 Å². The standard InChI is InChI=1S/C15H18N2O7/c18-12(19)7-6-11(14(21)22)17-15(23)16-8-13(20)24-9-10-4-2-1-3-5-10/h1-5,11H,6-9H2,(H,18,19)(H,21,22)(H2,16,17,23). The second kappa shape index (κ2) is 9.82. The van der Waals surface area contributed by atoms with Gasteiger partial charge in [-0.15, -0.1) is 0 Å². The Morgan fingerprint density at radius 3 is 2.33 bits per heavy atom. The van der Waals surface area contributed by atoms with Gasteiger partial charge < -0.3 is 25.6 Å².